The van der Waals surface area contributed by atoms with Crippen molar-refractivity contribution in [1.29, 1.82) is 0 Å². The van der Waals surface area contributed by atoms with Crippen LogP contribution in [0.15, 0.2) is 12.7 Å². The minimum atomic E-state index is -1.33. The van der Waals surface area contributed by atoms with Gasteiger partial charge in [0.2, 0.25) is 0 Å². The van der Waals surface area contributed by atoms with Crippen molar-refractivity contribution >= 4 is 0 Å². The molecule has 0 radical (unpaired) electrons. The highest BCUT2D eigenvalue weighted by Gasteiger charge is 2.42. The Kier molecular flexibility index (Phi) is 4.65. The van der Waals surface area contributed by atoms with Crippen molar-refractivity contribution in [3.05, 3.63) is 12.7 Å². The van der Waals surface area contributed by atoms with Crippen molar-refractivity contribution in [2.45, 2.75) is 30.6 Å². The number of hydrogen-bond donors (Lipinski definition) is 5. The van der Waals surface area contributed by atoms with Crippen LogP contribution in [0.1, 0.15) is 0 Å². The van der Waals surface area contributed by atoms with Gasteiger partial charge in [-0.25, -0.2) is 0 Å². The van der Waals surface area contributed by atoms with E-state index in [0.717, 1.165) is 0 Å². The van der Waals surface area contributed by atoms with Crippen molar-refractivity contribution in [1.82, 2.24) is 5.32 Å². The molecule has 1 aliphatic heterocycles. The largest absolute Gasteiger partial charge is 0.394 e. The summed E-state index contributed by atoms with van der Waals surface area (Å²) in [4.78, 5) is 0. The molecular weight excluding hydrogens is 202 g/mol. The minimum absolute atomic E-state index is 0.392. The molecule has 0 aromatic rings. The zero-order valence-electron chi connectivity index (χ0n) is 8.28. The molecule has 0 spiro atoms. The van der Waals surface area contributed by atoms with Gasteiger partial charge < -0.3 is 25.2 Å². The molecule has 0 amide bonds. The van der Waals surface area contributed by atoms with Gasteiger partial charge in [-0.3, -0.25) is 5.32 Å². The first-order valence-corrected chi connectivity index (χ1v) is 4.76. The molecule has 88 valence electrons. The molecule has 1 rings (SSSR count). The number of nitrogens with one attached hydrogen (secondary N) is 1. The molecule has 1 saturated heterocycles. The van der Waals surface area contributed by atoms with Crippen LogP contribution in [0.5, 0.6) is 0 Å². The predicted molar refractivity (Wildman–Crippen MR) is 52.0 cm³/mol. The second-order valence-electron chi connectivity index (χ2n) is 3.45. The summed E-state index contributed by atoms with van der Waals surface area (Å²) >= 11 is 0. The van der Waals surface area contributed by atoms with Gasteiger partial charge in [-0.2, -0.15) is 0 Å². The van der Waals surface area contributed by atoms with Gasteiger partial charge in [-0.15, -0.1) is 6.58 Å². The van der Waals surface area contributed by atoms with Gasteiger partial charge in [-0.05, 0) is 0 Å². The highest BCUT2D eigenvalue weighted by Crippen LogP contribution is 2.19. The first-order valence-electron chi connectivity index (χ1n) is 4.76. The number of ether oxygens (including phenoxy) is 1. The van der Waals surface area contributed by atoms with E-state index in [1.807, 2.05) is 0 Å². The van der Waals surface area contributed by atoms with E-state index in [2.05, 4.69) is 11.9 Å². The van der Waals surface area contributed by atoms with Gasteiger partial charge in [0.1, 0.15) is 30.6 Å². The third-order valence-corrected chi connectivity index (χ3v) is 2.36. The lowest BCUT2D eigenvalue weighted by atomic mass is 9.98. The van der Waals surface area contributed by atoms with Crippen LogP contribution in [-0.2, 0) is 4.74 Å². The summed E-state index contributed by atoms with van der Waals surface area (Å²) in [5, 5.41) is 40.0. The molecule has 1 heterocycles. The van der Waals surface area contributed by atoms with E-state index in [9.17, 15) is 15.3 Å². The monoisotopic (exact) mass is 219 g/mol. The van der Waals surface area contributed by atoms with Crippen molar-refractivity contribution in [3.63, 3.8) is 0 Å². The van der Waals surface area contributed by atoms with Gasteiger partial charge in [0.05, 0.1) is 6.61 Å². The number of hydrogen-bond acceptors (Lipinski definition) is 6. The van der Waals surface area contributed by atoms with Crippen molar-refractivity contribution < 1.29 is 25.2 Å². The molecule has 0 saturated carbocycles. The topological polar surface area (TPSA) is 102 Å². The smallest absolute Gasteiger partial charge is 0.137 e. The molecule has 0 bridgehead atoms. The zero-order valence-corrected chi connectivity index (χ0v) is 8.28. The fraction of sp³-hybridized carbons (Fsp3) is 0.778. The highest BCUT2D eigenvalue weighted by atomic mass is 16.6. The molecule has 0 aromatic heterocycles. The molecule has 5 N–H and O–H groups in total. The second-order valence-corrected chi connectivity index (χ2v) is 3.45. The number of aliphatic hydroxyl groups is 4. The van der Waals surface area contributed by atoms with E-state index in [1.165, 1.54) is 0 Å². The average molecular weight is 219 g/mol. The summed E-state index contributed by atoms with van der Waals surface area (Å²) in [6.07, 6.45) is -4.00. The molecule has 6 heteroatoms. The fourth-order valence-electron chi connectivity index (χ4n) is 1.47. The van der Waals surface area contributed by atoms with Crippen molar-refractivity contribution in [3.8, 4) is 0 Å². The van der Waals surface area contributed by atoms with E-state index < -0.39 is 37.3 Å². The van der Waals surface area contributed by atoms with E-state index in [4.69, 9.17) is 9.84 Å². The summed E-state index contributed by atoms with van der Waals surface area (Å²) in [6, 6.07) is 0. The number of rotatable bonds is 4. The molecule has 5 atom stereocenters. The van der Waals surface area contributed by atoms with Crippen LogP contribution in [0.2, 0.25) is 0 Å². The Hall–Kier alpha value is -0.500. The van der Waals surface area contributed by atoms with Gasteiger partial charge in [0, 0.05) is 6.54 Å². The van der Waals surface area contributed by atoms with Crippen LogP contribution in [-0.4, -0.2) is 64.2 Å². The Labute approximate surface area is 87.8 Å². The minimum Gasteiger partial charge on any atom is -0.394 e. The van der Waals surface area contributed by atoms with Gasteiger partial charge in [-0.1, -0.05) is 6.08 Å². The second kappa shape index (κ2) is 5.55. The van der Waals surface area contributed by atoms with E-state index in [-0.39, 0.29) is 0 Å². The number of aliphatic hydroxyl groups excluding tert-OH is 4. The van der Waals surface area contributed by atoms with Crippen molar-refractivity contribution in [2.75, 3.05) is 13.2 Å². The molecular formula is C9H17NO5. The molecule has 6 nitrogen and oxygen atoms in total. The Morgan fingerprint density at radius 1 is 1.20 bits per heavy atom. The molecule has 0 aromatic carbocycles. The van der Waals surface area contributed by atoms with E-state index in [0.29, 0.717) is 6.54 Å². The summed E-state index contributed by atoms with van der Waals surface area (Å²) < 4.78 is 5.16. The van der Waals surface area contributed by atoms with Gasteiger partial charge in [0.15, 0.2) is 0 Å². The third kappa shape index (κ3) is 2.75. The Morgan fingerprint density at radius 3 is 2.40 bits per heavy atom. The maximum atomic E-state index is 9.53. The van der Waals surface area contributed by atoms with Crippen molar-refractivity contribution in [2.24, 2.45) is 0 Å². The van der Waals surface area contributed by atoms with Gasteiger partial charge in [0.25, 0.3) is 0 Å². The predicted octanol–water partition coefficient (Wildman–Crippen LogP) is -2.44. The maximum absolute atomic E-state index is 9.53. The molecule has 1 fully saturated rings. The molecule has 0 unspecified atom stereocenters. The molecule has 0 aliphatic carbocycles. The van der Waals surface area contributed by atoms with Crippen LogP contribution in [0, 0.1) is 0 Å². The Balaban J connectivity index is 2.60. The lowest BCUT2D eigenvalue weighted by Crippen LogP contribution is -2.62. The first-order chi connectivity index (χ1) is 7.11. The highest BCUT2D eigenvalue weighted by molar-refractivity contribution is 4.91. The SMILES string of the molecule is C=CCN[C@H]1O[C@@H](CO)[C@@H](O)[C@@H](O)[C@H]1O. The van der Waals surface area contributed by atoms with Crippen LogP contribution >= 0.6 is 0 Å². The van der Waals surface area contributed by atoms with E-state index in [1.54, 1.807) is 6.08 Å². The first kappa shape index (κ1) is 12.6. The normalized spacial score (nSPS) is 41.5. The summed E-state index contributed by atoms with van der Waals surface area (Å²) in [7, 11) is 0. The van der Waals surface area contributed by atoms with Crippen LogP contribution < -0.4 is 5.32 Å². The lowest BCUT2D eigenvalue weighted by Gasteiger charge is -2.40. The lowest BCUT2D eigenvalue weighted by molar-refractivity contribution is -0.235. The quantitative estimate of drug-likeness (QED) is 0.337. The Bertz CT molecular complexity index is 211. The van der Waals surface area contributed by atoms with E-state index >= 15 is 0 Å². The summed E-state index contributed by atoms with van der Waals surface area (Å²) in [5.74, 6) is 0. The molecule has 15 heavy (non-hydrogen) atoms. The standard InChI is InChI=1S/C9H17NO5/c1-2-3-10-9-8(14)7(13)6(12)5(4-11)15-9/h2,5-14H,1,3-4H2/t5-,6+,7+,8+,9-/m0/s1. The van der Waals surface area contributed by atoms with Crippen LogP contribution in [0.3, 0.4) is 0 Å². The summed E-state index contributed by atoms with van der Waals surface area (Å²) in [5.41, 5.74) is 0. The van der Waals surface area contributed by atoms with Crippen LogP contribution in [0.25, 0.3) is 0 Å². The van der Waals surface area contributed by atoms with Crippen LogP contribution in [0.4, 0.5) is 0 Å². The zero-order chi connectivity index (χ0) is 11.4. The van der Waals surface area contributed by atoms with Gasteiger partial charge >= 0.3 is 0 Å². The third-order valence-electron chi connectivity index (χ3n) is 2.36. The average Bonchev–Trinajstić information content (AvgIpc) is 2.25. The Morgan fingerprint density at radius 2 is 1.87 bits per heavy atom. The maximum Gasteiger partial charge on any atom is 0.137 e. The molecule has 1 aliphatic rings. The summed E-state index contributed by atoms with van der Waals surface area (Å²) in [6.45, 7) is 3.45. The fourth-order valence-corrected chi connectivity index (χ4v) is 1.47.